The van der Waals surface area contributed by atoms with Crippen LogP contribution in [-0.4, -0.2) is 59.8 Å². The van der Waals surface area contributed by atoms with Crippen LogP contribution in [0.3, 0.4) is 0 Å². The second-order valence-electron chi connectivity index (χ2n) is 7.68. The summed E-state index contributed by atoms with van der Waals surface area (Å²) < 4.78 is 30.3. The molecule has 0 spiro atoms. The molecule has 23 heavy (non-hydrogen) atoms. The fourth-order valence-electron chi connectivity index (χ4n) is 3.37. The van der Waals surface area contributed by atoms with Crippen LogP contribution >= 0.6 is 0 Å². The van der Waals surface area contributed by atoms with Crippen LogP contribution in [0.5, 0.6) is 0 Å². The Hall–Kier alpha value is -0.730. The molecule has 0 aliphatic carbocycles. The third-order valence-corrected chi connectivity index (χ3v) is 4.16. The lowest BCUT2D eigenvalue weighted by Crippen LogP contribution is -2.40. The van der Waals surface area contributed by atoms with Gasteiger partial charge in [0.25, 0.3) is 6.23 Å². The van der Waals surface area contributed by atoms with Gasteiger partial charge in [0.1, 0.15) is 18.3 Å². The highest BCUT2D eigenvalue weighted by molar-refractivity contribution is 5.53. The first-order valence-corrected chi connectivity index (χ1v) is 8.21. The summed E-state index contributed by atoms with van der Waals surface area (Å²) in [4.78, 5) is 0. The highest BCUT2D eigenvalue weighted by Gasteiger charge is 2.62. The Bertz CT molecular complexity index is 489. The molecule has 0 bridgehead atoms. The summed E-state index contributed by atoms with van der Waals surface area (Å²) in [5.41, 5.74) is 0. The van der Waals surface area contributed by atoms with Gasteiger partial charge in [-0.1, -0.05) is 13.8 Å². The smallest absolute Gasteiger partial charge is 0.297 e. The Balaban J connectivity index is 1.82. The molecule has 132 valence electrons. The number of fused-ring (bicyclic) bond motifs is 1. The molecular weight excluding hydrogens is 302 g/mol. The van der Waals surface area contributed by atoms with Crippen LogP contribution in [0.4, 0.5) is 0 Å². The van der Waals surface area contributed by atoms with E-state index in [1.165, 1.54) is 0 Å². The second-order valence-corrected chi connectivity index (χ2v) is 7.68. The van der Waals surface area contributed by atoms with E-state index in [2.05, 4.69) is 0 Å². The van der Waals surface area contributed by atoms with Crippen LogP contribution in [-0.2, 0) is 23.7 Å². The molecule has 3 rings (SSSR count). The molecule has 0 aromatic carbocycles. The van der Waals surface area contributed by atoms with E-state index in [-0.39, 0.29) is 18.1 Å². The Morgan fingerprint density at radius 2 is 1.65 bits per heavy atom. The van der Waals surface area contributed by atoms with E-state index in [1.807, 2.05) is 41.5 Å². The molecule has 0 radical (unpaired) electrons. The molecule has 7 nitrogen and oxygen atoms in total. The summed E-state index contributed by atoms with van der Waals surface area (Å²) in [7, 11) is 0. The molecule has 5 atom stereocenters. The molecule has 0 amide bonds. The van der Waals surface area contributed by atoms with Crippen molar-refractivity contribution in [2.45, 2.75) is 83.8 Å². The van der Waals surface area contributed by atoms with Gasteiger partial charge in [-0.15, -0.1) is 0 Å². The minimum atomic E-state index is -0.747. The summed E-state index contributed by atoms with van der Waals surface area (Å²) in [5, 5.41) is 12.4. The van der Waals surface area contributed by atoms with Crippen molar-refractivity contribution in [2.75, 3.05) is 6.61 Å². The molecule has 3 heterocycles. The predicted octanol–water partition coefficient (Wildman–Crippen LogP) is 1.62. The van der Waals surface area contributed by atoms with Crippen molar-refractivity contribution in [3.05, 3.63) is 5.21 Å². The van der Waals surface area contributed by atoms with Crippen LogP contribution in [0, 0.1) is 11.1 Å². The fourth-order valence-corrected chi connectivity index (χ4v) is 3.37. The number of hydrogen-bond donors (Lipinski definition) is 0. The van der Waals surface area contributed by atoms with E-state index in [4.69, 9.17) is 23.7 Å². The minimum Gasteiger partial charge on any atom is -0.622 e. The van der Waals surface area contributed by atoms with Crippen molar-refractivity contribution in [2.24, 2.45) is 5.92 Å². The van der Waals surface area contributed by atoms with E-state index in [0.29, 0.717) is 6.61 Å². The zero-order valence-electron chi connectivity index (χ0n) is 14.6. The standard InChI is InChI=1S/C16H27NO6/c1-9(2)7-17(18)14-13-12(22-16(5,6)23-13)11(20-14)10-8-19-15(3,4)21-10/h7,9-14H,8H2,1-6H3/t10?,11-,12+,13+,14+/m0/s1. The molecule has 3 fully saturated rings. The Morgan fingerprint density at radius 1 is 1.00 bits per heavy atom. The van der Waals surface area contributed by atoms with E-state index in [0.717, 1.165) is 4.74 Å². The molecule has 1 unspecified atom stereocenters. The second kappa shape index (κ2) is 5.67. The first kappa shape index (κ1) is 17.1. The Morgan fingerprint density at radius 3 is 2.22 bits per heavy atom. The number of hydroxylamine groups is 1. The molecule has 0 saturated carbocycles. The van der Waals surface area contributed by atoms with Gasteiger partial charge in [-0.05, 0) is 27.7 Å². The number of rotatable bonds is 3. The van der Waals surface area contributed by atoms with Crippen molar-refractivity contribution in [1.29, 1.82) is 0 Å². The van der Waals surface area contributed by atoms with Gasteiger partial charge < -0.3 is 28.9 Å². The van der Waals surface area contributed by atoms with Crippen molar-refractivity contribution in [1.82, 2.24) is 0 Å². The van der Waals surface area contributed by atoms with Crippen LogP contribution < -0.4 is 0 Å². The van der Waals surface area contributed by atoms with E-state index >= 15 is 0 Å². The molecule has 3 aliphatic rings. The van der Waals surface area contributed by atoms with Gasteiger partial charge in [-0.25, -0.2) is 0 Å². The van der Waals surface area contributed by atoms with Gasteiger partial charge in [-0.2, -0.15) is 4.74 Å². The predicted molar refractivity (Wildman–Crippen MR) is 81.9 cm³/mol. The quantitative estimate of drug-likeness (QED) is 0.339. The first-order valence-electron chi connectivity index (χ1n) is 8.21. The van der Waals surface area contributed by atoms with Crippen molar-refractivity contribution in [3.63, 3.8) is 0 Å². The normalized spacial score (nSPS) is 42.4. The average molecular weight is 329 g/mol. The first-order chi connectivity index (χ1) is 10.6. The lowest BCUT2D eigenvalue weighted by Gasteiger charge is -2.26. The van der Waals surface area contributed by atoms with Crippen LogP contribution in [0.1, 0.15) is 41.5 Å². The van der Waals surface area contributed by atoms with E-state index in [9.17, 15) is 5.21 Å². The number of nitrogens with zero attached hydrogens (tertiary/aromatic N) is 1. The van der Waals surface area contributed by atoms with E-state index in [1.54, 1.807) is 6.21 Å². The zero-order chi connectivity index (χ0) is 17.0. The molecule has 7 heteroatoms. The van der Waals surface area contributed by atoms with Gasteiger partial charge in [0.05, 0.1) is 6.61 Å². The largest absolute Gasteiger partial charge is 0.622 e. The third-order valence-electron chi connectivity index (χ3n) is 4.16. The van der Waals surface area contributed by atoms with Crippen molar-refractivity contribution in [3.8, 4) is 0 Å². The summed E-state index contributed by atoms with van der Waals surface area (Å²) in [6, 6.07) is 0. The Kier molecular flexibility index (Phi) is 4.21. The maximum absolute atomic E-state index is 12.4. The Labute approximate surface area is 137 Å². The summed E-state index contributed by atoms with van der Waals surface area (Å²) in [6.07, 6.45) is -0.627. The third kappa shape index (κ3) is 3.39. The van der Waals surface area contributed by atoms with Crippen molar-refractivity contribution < 1.29 is 28.4 Å². The van der Waals surface area contributed by atoms with Gasteiger partial charge in [0, 0.05) is 5.92 Å². The fraction of sp³-hybridized carbons (Fsp3) is 0.938. The van der Waals surface area contributed by atoms with Gasteiger partial charge in [0.2, 0.25) is 0 Å². The molecule has 3 aliphatic heterocycles. The van der Waals surface area contributed by atoms with Gasteiger partial charge in [-0.3, -0.25) is 0 Å². The SMILES string of the molecule is CC(C)C=[N+]([O-])[C@@H]1O[C@@H](C2COC(C)(C)O2)[C@H]2OC(C)(C)O[C@H]21. The summed E-state index contributed by atoms with van der Waals surface area (Å²) in [5.74, 6) is -1.28. The van der Waals surface area contributed by atoms with E-state index < -0.39 is 30.0 Å². The summed E-state index contributed by atoms with van der Waals surface area (Å²) in [6.45, 7) is 11.7. The molecule has 0 N–H and O–H groups in total. The molecule has 0 aromatic rings. The minimum absolute atomic E-state index is 0.119. The highest BCUT2D eigenvalue weighted by Crippen LogP contribution is 2.42. The molecule has 3 saturated heterocycles. The lowest BCUT2D eigenvalue weighted by atomic mass is 10.1. The maximum Gasteiger partial charge on any atom is 0.297 e. The molecular formula is C16H27NO6. The van der Waals surface area contributed by atoms with Crippen LogP contribution in [0.2, 0.25) is 0 Å². The number of hydrogen-bond acceptors (Lipinski definition) is 6. The molecule has 0 aromatic heterocycles. The van der Waals surface area contributed by atoms with Gasteiger partial charge >= 0.3 is 0 Å². The number of ether oxygens (including phenoxy) is 5. The lowest BCUT2D eigenvalue weighted by molar-refractivity contribution is -0.564. The van der Waals surface area contributed by atoms with Crippen molar-refractivity contribution >= 4 is 6.21 Å². The topological polar surface area (TPSA) is 72.2 Å². The maximum atomic E-state index is 12.4. The monoisotopic (exact) mass is 329 g/mol. The summed E-state index contributed by atoms with van der Waals surface area (Å²) >= 11 is 0. The van der Waals surface area contributed by atoms with Crippen LogP contribution in [0.25, 0.3) is 0 Å². The average Bonchev–Trinajstić information content (AvgIpc) is 2.98. The highest BCUT2D eigenvalue weighted by atomic mass is 16.8. The van der Waals surface area contributed by atoms with Gasteiger partial charge in [0.15, 0.2) is 23.9 Å². The van der Waals surface area contributed by atoms with Crippen LogP contribution in [0.15, 0.2) is 0 Å². The zero-order valence-corrected chi connectivity index (χ0v) is 14.6.